The molecular formula is C27H28N2O2. The zero-order valence-electron chi connectivity index (χ0n) is 18.0. The summed E-state index contributed by atoms with van der Waals surface area (Å²) in [6, 6.07) is 25.1. The van der Waals surface area contributed by atoms with Crippen molar-refractivity contribution in [1.82, 2.24) is 4.90 Å². The lowest BCUT2D eigenvalue weighted by molar-refractivity contribution is 0.0791. The van der Waals surface area contributed by atoms with Gasteiger partial charge < -0.3 is 14.5 Å². The average Bonchev–Trinajstić information content (AvgIpc) is 3.34. The van der Waals surface area contributed by atoms with Crippen LogP contribution in [0.5, 0.6) is 5.75 Å². The molecule has 4 nitrogen and oxygen atoms in total. The van der Waals surface area contributed by atoms with Gasteiger partial charge in [-0.15, -0.1) is 0 Å². The Morgan fingerprint density at radius 3 is 2.39 bits per heavy atom. The maximum absolute atomic E-state index is 13.1. The van der Waals surface area contributed by atoms with Gasteiger partial charge in [-0.25, -0.2) is 0 Å². The van der Waals surface area contributed by atoms with Crippen molar-refractivity contribution in [2.45, 2.75) is 25.3 Å². The highest BCUT2D eigenvalue weighted by molar-refractivity contribution is 5.94. The number of anilines is 1. The van der Waals surface area contributed by atoms with E-state index in [1.807, 2.05) is 29.2 Å². The van der Waals surface area contributed by atoms with Crippen molar-refractivity contribution in [2.24, 2.45) is 0 Å². The Morgan fingerprint density at radius 2 is 1.65 bits per heavy atom. The zero-order chi connectivity index (χ0) is 21.2. The van der Waals surface area contributed by atoms with Crippen molar-refractivity contribution >= 4 is 11.6 Å². The Kier molecular flexibility index (Phi) is 5.37. The number of likely N-dealkylation sites (tertiary alicyclic amines) is 1. The van der Waals surface area contributed by atoms with E-state index in [9.17, 15) is 4.79 Å². The van der Waals surface area contributed by atoms with E-state index >= 15 is 0 Å². The van der Waals surface area contributed by atoms with Crippen LogP contribution in [0.15, 0.2) is 72.8 Å². The van der Waals surface area contributed by atoms with Crippen LogP contribution in [0.25, 0.3) is 0 Å². The van der Waals surface area contributed by atoms with Crippen LogP contribution < -0.4 is 9.64 Å². The van der Waals surface area contributed by atoms with Crippen molar-refractivity contribution in [1.29, 1.82) is 0 Å². The molecule has 1 fully saturated rings. The Labute approximate surface area is 184 Å². The molecule has 31 heavy (non-hydrogen) atoms. The van der Waals surface area contributed by atoms with Crippen LogP contribution in [0.4, 0.5) is 5.69 Å². The van der Waals surface area contributed by atoms with Gasteiger partial charge in [0.1, 0.15) is 5.75 Å². The monoisotopic (exact) mass is 412 g/mol. The number of nitrogens with zero attached hydrogens (tertiary/aromatic N) is 2. The van der Waals surface area contributed by atoms with Crippen LogP contribution in [-0.4, -0.2) is 37.6 Å². The predicted molar refractivity (Wildman–Crippen MR) is 124 cm³/mol. The molecule has 1 saturated heterocycles. The topological polar surface area (TPSA) is 32.8 Å². The van der Waals surface area contributed by atoms with E-state index < -0.39 is 0 Å². The molecule has 3 aromatic carbocycles. The van der Waals surface area contributed by atoms with Crippen molar-refractivity contribution < 1.29 is 9.53 Å². The molecule has 0 spiro atoms. The van der Waals surface area contributed by atoms with Gasteiger partial charge in [-0.2, -0.15) is 0 Å². The number of hydrogen-bond acceptors (Lipinski definition) is 3. The highest BCUT2D eigenvalue weighted by atomic mass is 16.5. The first-order chi connectivity index (χ1) is 15.2. The molecule has 0 bridgehead atoms. The lowest BCUT2D eigenvalue weighted by atomic mass is 9.98. The highest BCUT2D eigenvalue weighted by Gasteiger charge is 2.28. The first kappa shape index (κ1) is 19.7. The van der Waals surface area contributed by atoms with Gasteiger partial charge in [-0.1, -0.05) is 36.4 Å². The normalized spacial score (nSPS) is 18.0. The van der Waals surface area contributed by atoms with Gasteiger partial charge in [-0.3, -0.25) is 4.79 Å². The second kappa shape index (κ2) is 8.46. The molecule has 5 rings (SSSR count). The first-order valence-electron chi connectivity index (χ1n) is 11.1. The Hall–Kier alpha value is -3.27. The first-order valence-corrected chi connectivity index (χ1v) is 11.1. The number of carbonyl (C=O) groups is 1. The number of benzene rings is 3. The van der Waals surface area contributed by atoms with E-state index in [4.69, 9.17) is 4.74 Å². The Balaban J connectivity index is 1.23. The molecule has 2 heterocycles. The number of methoxy groups -OCH3 is 1. The summed E-state index contributed by atoms with van der Waals surface area (Å²) in [5, 5.41) is 0. The molecule has 0 aliphatic carbocycles. The standard InChI is InChI=1S/C27H28N2O2/c1-31-26-12-8-21(9-13-26)24-15-17-29(19-24)27(30)22-6-10-25(11-7-22)28-16-14-20-4-2-3-5-23(20)18-28/h2-13,24H,14-19H2,1H3. The molecule has 1 amide bonds. The van der Waals surface area contributed by atoms with Crippen molar-refractivity contribution in [3.63, 3.8) is 0 Å². The molecule has 0 aromatic heterocycles. The van der Waals surface area contributed by atoms with Gasteiger partial charge in [0.05, 0.1) is 7.11 Å². The molecule has 3 aromatic rings. The number of fused-ring (bicyclic) bond motifs is 1. The Bertz CT molecular complexity index is 1060. The third-order valence-corrected chi connectivity index (χ3v) is 6.67. The minimum atomic E-state index is 0.131. The molecule has 1 unspecified atom stereocenters. The Morgan fingerprint density at radius 1 is 0.903 bits per heavy atom. The van der Waals surface area contributed by atoms with Crippen LogP contribution in [-0.2, 0) is 13.0 Å². The van der Waals surface area contributed by atoms with E-state index in [1.54, 1.807) is 7.11 Å². The summed E-state index contributed by atoms with van der Waals surface area (Å²) in [4.78, 5) is 17.4. The minimum Gasteiger partial charge on any atom is -0.497 e. The third kappa shape index (κ3) is 4.02. The lowest BCUT2D eigenvalue weighted by Gasteiger charge is -2.31. The second-order valence-electron chi connectivity index (χ2n) is 8.50. The van der Waals surface area contributed by atoms with Crippen molar-refractivity contribution in [3.05, 3.63) is 95.1 Å². The van der Waals surface area contributed by atoms with Gasteiger partial charge in [0, 0.05) is 43.3 Å². The molecule has 2 aliphatic rings. The van der Waals surface area contributed by atoms with Gasteiger partial charge in [0.15, 0.2) is 0 Å². The van der Waals surface area contributed by atoms with E-state index in [2.05, 4.69) is 53.4 Å². The van der Waals surface area contributed by atoms with Gasteiger partial charge in [0.25, 0.3) is 5.91 Å². The van der Waals surface area contributed by atoms with Crippen LogP contribution in [0, 0.1) is 0 Å². The van der Waals surface area contributed by atoms with Gasteiger partial charge in [-0.05, 0) is 65.9 Å². The SMILES string of the molecule is COc1ccc(C2CCN(C(=O)c3ccc(N4CCc5ccccc5C4)cc3)C2)cc1. The number of amides is 1. The van der Waals surface area contributed by atoms with E-state index in [-0.39, 0.29) is 5.91 Å². The maximum Gasteiger partial charge on any atom is 0.253 e. The lowest BCUT2D eigenvalue weighted by Crippen LogP contribution is -2.30. The van der Waals surface area contributed by atoms with E-state index in [1.165, 1.54) is 22.4 Å². The average molecular weight is 413 g/mol. The summed E-state index contributed by atoms with van der Waals surface area (Å²) in [5.74, 6) is 1.39. The van der Waals surface area contributed by atoms with Crippen LogP contribution in [0.1, 0.15) is 39.4 Å². The minimum absolute atomic E-state index is 0.131. The fourth-order valence-corrected chi connectivity index (χ4v) is 4.81. The predicted octanol–water partition coefficient (Wildman–Crippen LogP) is 4.89. The molecule has 0 saturated carbocycles. The highest BCUT2D eigenvalue weighted by Crippen LogP contribution is 2.30. The van der Waals surface area contributed by atoms with Crippen LogP contribution >= 0.6 is 0 Å². The van der Waals surface area contributed by atoms with Crippen molar-refractivity contribution in [2.75, 3.05) is 31.6 Å². The van der Waals surface area contributed by atoms with Gasteiger partial charge in [0.2, 0.25) is 0 Å². The summed E-state index contributed by atoms with van der Waals surface area (Å²) < 4.78 is 5.25. The summed E-state index contributed by atoms with van der Waals surface area (Å²) in [7, 11) is 1.68. The van der Waals surface area contributed by atoms with Crippen LogP contribution in [0.2, 0.25) is 0 Å². The smallest absolute Gasteiger partial charge is 0.253 e. The summed E-state index contributed by atoms with van der Waals surface area (Å²) >= 11 is 0. The van der Waals surface area contributed by atoms with Gasteiger partial charge >= 0.3 is 0 Å². The number of rotatable bonds is 4. The quantitative estimate of drug-likeness (QED) is 0.612. The fraction of sp³-hybridized carbons (Fsp3) is 0.296. The van der Waals surface area contributed by atoms with E-state index in [0.29, 0.717) is 5.92 Å². The molecule has 158 valence electrons. The third-order valence-electron chi connectivity index (χ3n) is 6.67. The molecule has 4 heteroatoms. The summed E-state index contributed by atoms with van der Waals surface area (Å²) in [6.45, 7) is 3.52. The number of ether oxygens (including phenoxy) is 1. The number of carbonyl (C=O) groups excluding carboxylic acids is 1. The fourth-order valence-electron chi connectivity index (χ4n) is 4.81. The van der Waals surface area contributed by atoms with Crippen molar-refractivity contribution in [3.8, 4) is 5.75 Å². The van der Waals surface area contributed by atoms with E-state index in [0.717, 1.165) is 50.3 Å². The molecule has 0 N–H and O–H groups in total. The zero-order valence-corrected chi connectivity index (χ0v) is 18.0. The number of hydrogen-bond donors (Lipinski definition) is 0. The molecule has 0 radical (unpaired) electrons. The second-order valence-corrected chi connectivity index (χ2v) is 8.50. The molecule has 2 aliphatic heterocycles. The van der Waals surface area contributed by atoms with Crippen LogP contribution in [0.3, 0.4) is 0 Å². The summed E-state index contributed by atoms with van der Waals surface area (Å²) in [6.07, 6.45) is 2.07. The largest absolute Gasteiger partial charge is 0.497 e. The maximum atomic E-state index is 13.1. The molecule has 1 atom stereocenters. The summed E-state index contributed by atoms with van der Waals surface area (Å²) in [5.41, 5.74) is 6.08. The molecular weight excluding hydrogens is 384 g/mol.